The Morgan fingerprint density at radius 2 is 1.94 bits per heavy atom. The number of methoxy groups -OCH3 is 1. The number of rotatable bonds is 5. The van der Waals surface area contributed by atoms with Crippen molar-refractivity contribution in [3.63, 3.8) is 0 Å². The number of carbonyl (C=O) groups is 1. The van der Waals surface area contributed by atoms with Gasteiger partial charge in [-0.2, -0.15) is 4.31 Å². The van der Waals surface area contributed by atoms with Gasteiger partial charge in [-0.1, -0.05) is 40.6 Å². The minimum atomic E-state index is -3.60. The van der Waals surface area contributed by atoms with Crippen LogP contribution in [0.25, 0.3) is 0 Å². The summed E-state index contributed by atoms with van der Waals surface area (Å²) >= 11 is 7.26. The molecule has 2 N–H and O–H groups in total. The number of benzene rings is 2. The third-order valence-corrected chi connectivity index (χ3v) is 8.08. The maximum absolute atomic E-state index is 13.0. The van der Waals surface area contributed by atoms with Gasteiger partial charge < -0.3 is 10.1 Å². The van der Waals surface area contributed by atoms with E-state index in [1.807, 2.05) is 6.92 Å². The van der Waals surface area contributed by atoms with Crippen molar-refractivity contribution in [2.24, 2.45) is 0 Å². The smallest absolute Gasteiger partial charge is 0.325 e. The van der Waals surface area contributed by atoms with E-state index in [1.54, 1.807) is 42.5 Å². The number of amides is 2. The number of fused-ring (bicyclic) bond motifs is 1. The molecule has 32 heavy (non-hydrogen) atoms. The maximum atomic E-state index is 13.0. The largest absolute Gasteiger partial charge is 0.495 e. The molecule has 0 atom stereocenters. The zero-order valence-corrected chi connectivity index (χ0v) is 19.8. The molecule has 0 fully saturated rings. The molecule has 0 saturated carbocycles. The fraction of sp³-hybridized carbons (Fsp3) is 0.238. The minimum absolute atomic E-state index is 0.217. The van der Waals surface area contributed by atoms with Crippen LogP contribution in [0.5, 0.6) is 5.75 Å². The number of thiazole rings is 1. The van der Waals surface area contributed by atoms with E-state index in [9.17, 15) is 13.2 Å². The lowest BCUT2D eigenvalue weighted by atomic mass is 10.2. The summed E-state index contributed by atoms with van der Waals surface area (Å²) in [5, 5.41) is 6.24. The molecule has 2 aromatic carbocycles. The second kappa shape index (κ2) is 9.07. The van der Waals surface area contributed by atoms with Crippen LogP contribution in [0.3, 0.4) is 0 Å². The number of hydrogen-bond acceptors (Lipinski definition) is 6. The third-order valence-electron chi connectivity index (χ3n) is 4.99. The quantitative estimate of drug-likeness (QED) is 0.546. The van der Waals surface area contributed by atoms with E-state index in [4.69, 9.17) is 16.3 Å². The lowest BCUT2D eigenvalue weighted by Gasteiger charge is -2.25. The van der Waals surface area contributed by atoms with Gasteiger partial charge in [-0.15, -0.1) is 0 Å². The van der Waals surface area contributed by atoms with Crippen molar-refractivity contribution in [2.45, 2.75) is 24.8 Å². The Kier molecular flexibility index (Phi) is 6.38. The number of sulfonamides is 1. The molecule has 1 aromatic heterocycles. The summed E-state index contributed by atoms with van der Waals surface area (Å²) in [6.07, 6.45) is 0.475. The molecule has 2 heterocycles. The Labute approximate surface area is 195 Å². The molecule has 1 aliphatic heterocycles. The second-order valence-electron chi connectivity index (χ2n) is 7.21. The van der Waals surface area contributed by atoms with Crippen molar-refractivity contribution in [1.29, 1.82) is 0 Å². The predicted molar refractivity (Wildman–Crippen MR) is 125 cm³/mol. The molecule has 0 spiro atoms. The zero-order chi connectivity index (χ0) is 22.9. The summed E-state index contributed by atoms with van der Waals surface area (Å²) in [5.41, 5.74) is 2.21. The number of aromatic nitrogens is 1. The fourth-order valence-electron chi connectivity index (χ4n) is 3.32. The van der Waals surface area contributed by atoms with Gasteiger partial charge in [0, 0.05) is 22.9 Å². The number of carbonyl (C=O) groups excluding carboxylic acids is 1. The number of nitrogens with one attached hydrogen (secondary N) is 2. The zero-order valence-electron chi connectivity index (χ0n) is 17.4. The molecule has 2 amide bonds. The van der Waals surface area contributed by atoms with Crippen molar-refractivity contribution in [2.75, 3.05) is 24.3 Å². The molecule has 1 aliphatic rings. The van der Waals surface area contributed by atoms with Crippen molar-refractivity contribution < 1.29 is 17.9 Å². The van der Waals surface area contributed by atoms with Crippen LogP contribution in [0.1, 0.15) is 16.1 Å². The highest BCUT2D eigenvalue weighted by Gasteiger charge is 2.30. The van der Waals surface area contributed by atoms with Crippen LogP contribution in [0.2, 0.25) is 5.02 Å². The molecule has 8 nitrogen and oxygen atoms in total. The molecule has 0 radical (unpaired) electrons. The number of ether oxygens (including phenoxy) is 1. The molecule has 168 valence electrons. The number of aryl methyl sites for hydroxylation is 1. The maximum Gasteiger partial charge on any atom is 0.325 e. The van der Waals surface area contributed by atoms with Crippen LogP contribution in [0.15, 0.2) is 47.4 Å². The standard InChI is InChI=1S/C21H21ClN4O4S2/c1-13-3-6-15(7-4-13)32(28,29)26-10-9-16-19(12-26)31-21(24-16)25-20(27)23-17-11-14(22)5-8-18(17)30-2/h3-8,11H,9-10,12H2,1-2H3,(H2,23,24,25,27). The Balaban J connectivity index is 1.46. The first-order valence-corrected chi connectivity index (χ1v) is 12.4. The lowest BCUT2D eigenvalue weighted by molar-refractivity contribution is 0.262. The molecule has 0 aliphatic carbocycles. The van der Waals surface area contributed by atoms with Gasteiger partial charge in [-0.25, -0.2) is 18.2 Å². The lowest BCUT2D eigenvalue weighted by Crippen LogP contribution is -2.35. The number of anilines is 2. The number of nitrogens with zero attached hydrogens (tertiary/aromatic N) is 2. The molecule has 0 saturated heterocycles. The monoisotopic (exact) mass is 492 g/mol. The topological polar surface area (TPSA) is 101 Å². The van der Waals surface area contributed by atoms with Gasteiger partial charge in [-0.3, -0.25) is 5.32 Å². The Hall–Kier alpha value is -2.66. The van der Waals surface area contributed by atoms with Gasteiger partial charge >= 0.3 is 6.03 Å². The minimum Gasteiger partial charge on any atom is -0.495 e. The Morgan fingerprint density at radius 3 is 2.66 bits per heavy atom. The van der Waals surface area contributed by atoms with Crippen LogP contribution < -0.4 is 15.4 Å². The van der Waals surface area contributed by atoms with Gasteiger partial charge in [0.1, 0.15) is 5.75 Å². The van der Waals surface area contributed by atoms with Crippen molar-refractivity contribution in [3.05, 3.63) is 63.6 Å². The van der Waals surface area contributed by atoms with Gasteiger partial charge in [0.2, 0.25) is 10.0 Å². The highest BCUT2D eigenvalue weighted by Crippen LogP contribution is 2.32. The van der Waals surface area contributed by atoms with Crippen molar-refractivity contribution in [1.82, 2.24) is 9.29 Å². The van der Waals surface area contributed by atoms with Crippen LogP contribution in [-0.2, 0) is 23.0 Å². The Bertz CT molecular complexity index is 1260. The second-order valence-corrected chi connectivity index (χ2v) is 10.7. The van der Waals surface area contributed by atoms with E-state index in [2.05, 4.69) is 15.6 Å². The molecular weight excluding hydrogens is 472 g/mol. The molecule has 0 bridgehead atoms. The number of hydrogen-bond donors (Lipinski definition) is 2. The summed E-state index contributed by atoms with van der Waals surface area (Å²) in [6, 6.07) is 11.2. The first kappa shape index (κ1) is 22.5. The van der Waals surface area contributed by atoms with E-state index in [-0.39, 0.29) is 11.4 Å². The van der Waals surface area contributed by atoms with Crippen LogP contribution in [-0.4, -0.2) is 37.4 Å². The van der Waals surface area contributed by atoms with Crippen LogP contribution in [0.4, 0.5) is 15.6 Å². The highest BCUT2D eigenvalue weighted by molar-refractivity contribution is 7.89. The van der Waals surface area contributed by atoms with E-state index >= 15 is 0 Å². The van der Waals surface area contributed by atoms with E-state index in [0.717, 1.165) is 16.1 Å². The third kappa shape index (κ3) is 4.73. The van der Waals surface area contributed by atoms with Crippen LogP contribution in [0, 0.1) is 6.92 Å². The summed E-state index contributed by atoms with van der Waals surface area (Å²) in [7, 11) is -2.10. The number of halogens is 1. The van der Waals surface area contributed by atoms with E-state index in [1.165, 1.54) is 22.8 Å². The summed E-state index contributed by atoms with van der Waals surface area (Å²) in [5.74, 6) is 0.472. The average Bonchev–Trinajstić information content (AvgIpc) is 3.15. The van der Waals surface area contributed by atoms with E-state index in [0.29, 0.717) is 34.6 Å². The van der Waals surface area contributed by atoms with Gasteiger partial charge in [-0.05, 0) is 37.3 Å². The first-order chi connectivity index (χ1) is 15.3. The van der Waals surface area contributed by atoms with Gasteiger partial charge in [0.15, 0.2) is 5.13 Å². The van der Waals surface area contributed by atoms with E-state index < -0.39 is 16.1 Å². The van der Waals surface area contributed by atoms with Crippen LogP contribution >= 0.6 is 22.9 Å². The first-order valence-electron chi connectivity index (χ1n) is 9.73. The molecular formula is C21H21ClN4O4S2. The highest BCUT2D eigenvalue weighted by atomic mass is 35.5. The summed E-state index contributed by atoms with van der Waals surface area (Å²) < 4.78 is 32.7. The normalized spacial score (nSPS) is 14.0. The fourth-order valence-corrected chi connectivity index (χ4v) is 6.00. The average molecular weight is 493 g/mol. The molecule has 3 aromatic rings. The summed E-state index contributed by atoms with van der Waals surface area (Å²) in [6.45, 7) is 2.46. The predicted octanol–water partition coefficient (Wildman–Crippen LogP) is 4.50. The Morgan fingerprint density at radius 1 is 1.19 bits per heavy atom. The number of urea groups is 1. The SMILES string of the molecule is COc1ccc(Cl)cc1NC(=O)Nc1nc2c(s1)CN(S(=O)(=O)c1ccc(C)cc1)CC2. The van der Waals surface area contributed by atoms with Crippen molar-refractivity contribution in [3.8, 4) is 5.75 Å². The summed E-state index contributed by atoms with van der Waals surface area (Å²) in [4.78, 5) is 18.0. The molecule has 4 rings (SSSR count). The molecule has 0 unspecified atom stereocenters. The van der Waals surface area contributed by atoms with Gasteiger partial charge in [0.25, 0.3) is 0 Å². The van der Waals surface area contributed by atoms with Gasteiger partial charge in [0.05, 0.1) is 29.9 Å². The molecule has 11 heteroatoms. The van der Waals surface area contributed by atoms with Crippen molar-refractivity contribution >= 4 is 49.8 Å².